The molecule has 0 fully saturated rings. The van der Waals surface area contributed by atoms with Crippen molar-refractivity contribution in [2.24, 2.45) is 0 Å². The van der Waals surface area contributed by atoms with E-state index in [0.717, 1.165) is 5.56 Å². The number of aryl methyl sites for hydroxylation is 1. The molecule has 4 rings (SSSR count). The molecule has 140 valence electrons. The topological polar surface area (TPSA) is 89.3 Å². The predicted molar refractivity (Wildman–Crippen MR) is 106 cm³/mol. The first-order valence-corrected chi connectivity index (χ1v) is 9.95. The van der Waals surface area contributed by atoms with Crippen molar-refractivity contribution in [3.8, 4) is 11.4 Å². The first-order valence-electron chi connectivity index (χ1n) is 8.51. The molecule has 1 N–H and O–H groups in total. The van der Waals surface area contributed by atoms with Gasteiger partial charge < -0.3 is 0 Å². The molecule has 0 amide bonds. The Labute approximate surface area is 161 Å². The summed E-state index contributed by atoms with van der Waals surface area (Å²) in [6.45, 7) is 1.95. The van der Waals surface area contributed by atoms with Crippen LogP contribution in [0.5, 0.6) is 0 Å². The number of fused-ring (bicyclic) bond motifs is 1. The van der Waals surface area contributed by atoms with E-state index in [9.17, 15) is 17.8 Å². The van der Waals surface area contributed by atoms with E-state index >= 15 is 0 Å². The minimum atomic E-state index is -4.29. The smallest absolute Gasteiger partial charge is 0.282 e. The Balaban J connectivity index is 1.90. The van der Waals surface area contributed by atoms with Crippen molar-refractivity contribution in [1.82, 2.24) is 9.55 Å². The number of rotatable bonds is 3. The molecule has 4 aromatic rings. The Kier molecular flexibility index (Phi) is 4.33. The summed E-state index contributed by atoms with van der Waals surface area (Å²) in [6.07, 6.45) is 0. The first-order chi connectivity index (χ1) is 13.3. The Morgan fingerprint density at radius 3 is 2.21 bits per heavy atom. The van der Waals surface area contributed by atoms with Crippen molar-refractivity contribution in [2.45, 2.75) is 11.8 Å². The van der Waals surface area contributed by atoms with Gasteiger partial charge in [0.2, 0.25) is 0 Å². The van der Waals surface area contributed by atoms with E-state index in [1.54, 1.807) is 12.1 Å². The second-order valence-electron chi connectivity index (χ2n) is 6.43. The molecule has 0 saturated heterocycles. The summed E-state index contributed by atoms with van der Waals surface area (Å²) in [5.74, 6) is 0.163. The van der Waals surface area contributed by atoms with E-state index < -0.39 is 10.1 Å². The van der Waals surface area contributed by atoms with Crippen LogP contribution in [0.1, 0.15) is 15.9 Å². The molecular weight excluding hydrogens is 376 g/mol. The van der Waals surface area contributed by atoms with E-state index in [4.69, 9.17) is 0 Å². The lowest BCUT2D eigenvalue weighted by Gasteiger charge is -2.09. The zero-order chi connectivity index (χ0) is 19.9. The standard InChI is InChI=1S/C21H16N2O4S/c1-14-6-8-16(9-7-14)21(24)23-19-5-3-2-4-18(19)22-20(23)15-10-12-17(13-11-15)28(25,26)27/h2-13H,1H3,(H,25,26,27). The van der Waals surface area contributed by atoms with Gasteiger partial charge in [0.25, 0.3) is 16.0 Å². The lowest BCUT2D eigenvalue weighted by molar-refractivity contribution is 0.0966. The number of carbonyl (C=O) groups is 1. The quantitative estimate of drug-likeness (QED) is 0.533. The molecule has 0 aliphatic carbocycles. The van der Waals surface area contributed by atoms with Gasteiger partial charge in [-0.25, -0.2) is 4.98 Å². The van der Waals surface area contributed by atoms with Crippen LogP contribution in [0.3, 0.4) is 0 Å². The van der Waals surface area contributed by atoms with Crippen molar-refractivity contribution in [2.75, 3.05) is 0 Å². The molecule has 0 spiro atoms. The molecule has 0 aliphatic rings. The fourth-order valence-corrected chi connectivity index (χ4v) is 3.51. The van der Waals surface area contributed by atoms with Gasteiger partial charge in [-0.1, -0.05) is 29.8 Å². The van der Waals surface area contributed by atoms with Crippen molar-refractivity contribution in [1.29, 1.82) is 0 Å². The highest BCUT2D eigenvalue weighted by atomic mass is 32.2. The van der Waals surface area contributed by atoms with E-state index in [2.05, 4.69) is 4.98 Å². The summed E-state index contributed by atoms with van der Waals surface area (Å²) >= 11 is 0. The van der Waals surface area contributed by atoms with Crippen LogP contribution in [0.4, 0.5) is 0 Å². The molecule has 0 aliphatic heterocycles. The Hall–Kier alpha value is -3.29. The average molecular weight is 392 g/mol. The number of hydrogen-bond donors (Lipinski definition) is 1. The maximum atomic E-state index is 13.2. The summed E-state index contributed by atoms with van der Waals surface area (Å²) in [7, 11) is -4.29. The molecule has 0 saturated carbocycles. The number of hydrogen-bond acceptors (Lipinski definition) is 4. The number of nitrogens with zero attached hydrogens (tertiary/aromatic N) is 2. The molecule has 0 bridgehead atoms. The second-order valence-corrected chi connectivity index (χ2v) is 7.85. The van der Waals surface area contributed by atoms with Crippen molar-refractivity contribution in [3.63, 3.8) is 0 Å². The van der Waals surface area contributed by atoms with Crippen LogP contribution in [0, 0.1) is 6.92 Å². The van der Waals surface area contributed by atoms with Gasteiger partial charge in [0.05, 0.1) is 15.9 Å². The molecule has 0 atom stereocenters. The third-order valence-corrected chi connectivity index (χ3v) is 5.34. The molecule has 0 unspecified atom stereocenters. The summed E-state index contributed by atoms with van der Waals surface area (Å²) in [5.41, 5.74) is 3.43. The summed E-state index contributed by atoms with van der Waals surface area (Å²) < 4.78 is 33.3. The van der Waals surface area contributed by atoms with Crippen LogP contribution < -0.4 is 0 Å². The largest absolute Gasteiger partial charge is 0.294 e. The highest BCUT2D eigenvalue weighted by Crippen LogP contribution is 2.27. The molecule has 28 heavy (non-hydrogen) atoms. The fourth-order valence-electron chi connectivity index (χ4n) is 3.03. The second kappa shape index (κ2) is 6.70. The van der Waals surface area contributed by atoms with Crippen LogP contribution in [0.2, 0.25) is 0 Å². The van der Waals surface area contributed by atoms with Crippen LogP contribution in [-0.4, -0.2) is 28.4 Å². The number of para-hydroxylation sites is 2. The molecule has 1 heterocycles. The van der Waals surface area contributed by atoms with Crippen LogP contribution in [-0.2, 0) is 10.1 Å². The zero-order valence-corrected chi connectivity index (χ0v) is 15.7. The van der Waals surface area contributed by atoms with Gasteiger partial charge in [-0.2, -0.15) is 8.42 Å². The minimum absolute atomic E-state index is 0.219. The normalized spacial score (nSPS) is 11.6. The van der Waals surface area contributed by atoms with Gasteiger partial charge in [-0.3, -0.25) is 13.9 Å². The van der Waals surface area contributed by atoms with Gasteiger partial charge in [-0.05, 0) is 55.5 Å². The summed E-state index contributed by atoms with van der Waals surface area (Å²) in [6, 6.07) is 20.1. The highest BCUT2D eigenvalue weighted by Gasteiger charge is 2.20. The molecular formula is C21H16N2O4S. The number of benzene rings is 3. The number of carbonyl (C=O) groups excluding carboxylic acids is 1. The van der Waals surface area contributed by atoms with Crippen molar-refractivity contribution >= 4 is 27.1 Å². The SMILES string of the molecule is Cc1ccc(C(=O)n2c(-c3ccc(S(=O)(=O)O)cc3)nc3ccccc32)cc1. The van der Waals surface area contributed by atoms with Gasteiger partial charge in [-0.15, -0.1) is 0 Å². The molecule has 1 aromatic heterocycles. The third-order valence-electron chi connectivity index (χ3n) is 4.47. The monoisotopic (exact) mass is 392 g/mol. The van der Waals surface area contributed by atoms with Gasteiger partial charge in [0.1, 0.15) is 5.82 Å². The molecule has 7 heteroatoms. The van der Waals surface area contributed by atoms with Crippen LogP contribution in [0.25, 0.3) is 22.4 Å². The van der Waals surface area contributed by atoms with Crippen molar-refractivity contribution < 1.29 is 17.8 Å². The number of imidazole rings is 1. The lowest BCUT2D eigenvalue weighted by atomic mass is 10.1. The molecule has 0 radical (unpaired) electrons. The van der Waals surface area contributed by atoms with Crippen LogP contribution >= 0.6 is 0 Å². The van der Waals surface area contributed by atoms with E-state index in [1.165, 1.54) is 28.8 Å². The van der Waals surface area contributed by atoms with E-state index in [-0.39, 0.29) is 10.8 Å². The molecule has 6 nitrogen and oxygen atoms in total. The first kappa shape index (κ1) is 18.1. The maximum absolute atomic E-state index is 13.2. The maximum Gasteiger partial charge on any atom is 0.294 e. The van der Waals surface area contributed by atoms with E-state index in [0.29, 0.717) is 28.0 Å². The van der Waals surface area contributed by atoms with Crippen molar-refractivity contribution in [3.05, 3.63) is 83.9 Å². The minimum Gasteiger partial charge on any atom is -0.282 e. The average Bonchev–Trinajstić information content (AvgIpc) is 3.07. The van der Waals surface area contributed by atoms with Gasteiger partial charge in [0.15, 0.2) is 0 Å². The summed E-state index contributed by atoms with van der Waals surface area (Å²) in [4.78, 5) is 17.6. The lowest BCUT2D eigenvalue weighted by Crippen LogP contribution is -2.13. The Morgan fingerprint density at radius 1 is 0.929 bits per heavy atom. The fraction of sp³-hybridized carbons (Fsp3) is 0.0476. The Morgan fingerprint density at radius 2 is 1.57 bits per heavy atom. The predicted octanol–water partition coefficient (Wildman–Crippen LogP) is 3.95. The zero-order valence-electron chi connectivity index (χ0n) is 14.9. The van der Waals surface area contributed by atoms with Gasteiger partial charge in [0, 0.05) is 11.1 Å². The number of aromatic nitrogens is 2. The van der Waals surface area contributed by atoms with Crippen LogP contribution in [0.15, 0.2) is 77.7 Å². The van der Waals surface area contributed by atoms with Gasteiger partial charge >= 0.3 is 0 Å². The third kappa shape index (κ3) is 3.21. The van der Waals surface area contributed by atoms with E-state index in [1.807, 2.05) is 43.3 Å². The summed E-state index contributed by atoms with van der Waals surface area (Å²) in [5, 5.41) is 0. The highest BCUT2D eigenvalue weighted by molar-refractivity contribution is 7.85. The Bertz CT molecular complexity index is 1290. The molecule has 3 aromatic carbocycles.